The SMILES string of the molecule is CC(C)NC(=O)N[C@@H](C)c1cccc(Cl)c1. The molecule has 0 heterocycles. The van der Waals surface area contributed by atoms with E-state index < -0.39 is 0 Å². The van der Waals surface area contributed by atoms with E-state index in [0.717, 1.165) is 5.56 Å². The molecule has 0 unspecified atom stereocenters. The summed E-state index contributed by atoms with van der Waals surface area (Å²) in [6, 6.07) is 7.38. The van der Waals surface area contributed by atoms with E-state index in [2.05, 4.69) is 10.6 Å². The molecule has 0 aromatic heterocycles. The Kier molecular flexibility index (Phi) is 4.62. The van der Waals surface area contributed by atoms with Crippen molar-refractivity contribution in [2.45, 2.75) is 32.9 Å². The zero-order chi connectivity index (χ0) is 12.1. The van der Waals surface area contributed by atoms with Crippen molar-refractivity contribution >= 4 is 17.6 Å². The van der Waals surface area contributed by atoms with Gasteiger partial charge in [0.1, 0.15) is 0 Å². The minimum absolute atomic E-state index is 0.0579. The molecule has 2 amide bonds. The van der Waals surface area contributed by atoms with Crippen molar-refractivity contribution in [2.24, 2.45) is 0 Å². The minimum Gasteiger partial charge on any atom is -0.336 e. The smallest absolute Gasteiger partial charge is 0.315 e. The monoisotopic (exact) mass is 240 g/mol. The lowest BCUT2D eigenvalue weighted by Crippen LogP contribution is -2.40. The summed E-state index contributed by atoms with van der Waals surface area (Å²) < 4.78 is 0. The van der Waals surface area contributed by atoms with Gasteiger partial charge in [-0.2, -0.15) is 0 Å². The molecule has 0 radical (unpaired) electrons. The number of benzene rings is 1. The summed E-state index contributed by atoms with van der Waals surface area (Å²) in [6.07, 6.45) is 0. The van der Waals surface area contributed by atoms with Gasteiger partial charge in [0.05, 0.1) is 6.04 Å². The summed E-state index contributed by atoms with van der Waals surface area (Å²) in [4.78, 5) is 11.5. The van der Waals surface area contributed by atoms with Gasteiger partial charge in [-0.05, 0) is 38.5 Å². The van der Waals surface area contributed by atoms with Crippen LogP contribution in [0.1, 0.15) is 32.4 Å². The molecular formula is C12H17ClN2O. The van der Waals surface area contributed by atoms with E-state index in [0.29, 0.717) is 5.02 Å². The van der Waals surface area contributed by atoms with E-state index in [4.69, 9.17) is 11.6 Å². The van der Waals surface area contributed by atoms with Gasteiger partial charge in [-0.3, -0.25) is 0 Å². The van der Waals surface area contributed by atoms with Gasteiger partial charge >= 0.3 is 6.03 Å². The van der Waals surface area contributed by atoms with Crippen LogP contribution in [-0.2, 0) is 0 Å². The highest BCUT2D eigenvalue weighted by atomic mass is 35.5. The number of carbonyl (C=O) groups excluding carboxylic acids is 1. The van der Waals surface area contributed by atoms with E-state index in [9.17, 15) is 4.79 Å². The first-order valence-electron chi connectivity index (χ1n) is 5.31. The Labute approximate surface area is 101 Å². The number of hydrogen-bond acceptors (Lipinski definition) is 1. The Morgan fingerprint density at radius 3 is 2.50 bits per heavy atom. The maximum Gasteiger partial charge on any atom is 0.315 e. The third-order valence-corrected chi connectivity index (χ3v) is 2.35. The van der Waals surface area contributed by atoms with Gasteiger partial charge in [0.25, 0.3) is 0 Å². The van der Waals surface area contributed by atoms with E-state index in [1.807, 2.05) is 45.0 Å². The van der Waals surface area contributed by atoms with Gasteiger partial charge < -0.3 is 10.6 Å². The fourth-order valence-corrected chi connectivity index (χ4v) is 1.56. The molecule has 3 nitrogen and oxygen atoms in total. The van der Waals surface area contributed by atoms with E-state index in [-0.39, 0.29) is 18.1 Å². The number of carbonyl (C=O) groups is 1. The summed E-state index contributed by atoms with van der Waals surface area (Å²) in [7, 11) is 0. The van der Waals surface area contributed by atoms with Crippen molar-refractivity contribution in [3.05, 3.63) is 34.9 Å². The van der Waals surface area contributed by atoms with Gasteiger partial charge in [0, 0.05) is 11.1 Å². The molecule has 2 N–H and O–H groups in total. The molecule has 0 aliphatic carbocycles. The summed E-state index contributed by atoms with van der Waals surface area (Å²) in [5.74, 6) is 0. The Balaban J connectivity index is 2.58. The summed E-state index contributed by atoms with van der Waals surface area (Å²) >= 11 is 5.88. The molecule has 88 valence electrons. The standard InChI is InChI=1S/C12H17ClN2O/c1-8(2)14-12(16)15-9(3)10-5-4-6-11(13)7-10/h4-9H,1-3H3,(H2,14,15,16)/t9-/m0/s1. The third kappa shape index (κ3) is 4.11. The molecule has 1 atom stereocenters. The van der Waals surface area contributed by atoms with Crippen LogP contribution in [0.3, 0.4) is 0 Å². The van der Waals surface area contributed by atoms with E-state index in [1.54, 1.807) is 0 Å². The van der Waals surface area contributed by atoms with Crippen LogP contribution < -0.4 is 10.6 Å². The Morgan fingerprint density at radius 2 is 1.94 bits per heavy atom. The topological polar surface area (TPSA) is 41.1 Å². The number of amides is 2. The molecule has 16 heavy (non-hydrogen) atoms. The first-order valence-corrected chi connectivity index (χ1v) is 5.69. The van der Waals surface area contributed by atoms with Gasteiger partial charge in [-0.25, -0.2) is 4.79 Å². The number of urea groups is 1. The lowest BCUT2D eigenvalue weighted by molar-refractivity contribution is 0.235. The quantitative estimate of drug-likeness (QED) is 0.838. The van der Waals surface area contributed by atoms with E-state index in [1.165, 1.54) is 0 Å². The van der Waals surface area contributed by atoms with Crippen molar-refractivity contribution in [1.82, 2.24) is 10.6 Å². The molecule has 0 bridgehead atoms. The van der Waals surface area contributed by atoms with Crippen LogP contribution in [0.25, 0.3) is 0 Å². The molecule has 0 saturated carbocycles. The van der Waals surface area contributed by atoms with E-state index >= 15 is 0 Å². The van der Waals surface area contributed by atoms with Crippen molar-refractivity contribution in [2.75, 3.05) is 0 Å². The second kappa shape index (κ2) is 5.75. The predicted octanol–water partition coefficient (Wildman–Crippen LogP) is 3.11. The molecule has 0 aliphatic heterocycles. The van der Waals surface area contributed by atoms with Crippen molar-refractivity contribution < 1.29 is 4.79 Å². The second-order valence-corrected chi connectivity index (χ2v) is 4.49. The zero-order valence-corrected chi connectivity index (χ0v) is 10.5. The van der Waals surface area contributed by atoms with Crippen LogP contribution in [0, 0.1) is 0 Å². The number of halogens is 1. The molecular weight excluding hydrogens is 224 g/mol. The second-order valence-electron chi connectivity index (χ2n) is 4.05. The predicted molar refractivity (Wildman–Crippen MR) is 66.7 cm³/mol. The fraction of sp³-hybridized carbons (Fsp3) is 0.417. The Hall–Kier alpha value is -1.22. The Bertz CT molecular complexity index is 366. The number of nitrogens with one attached hydrogen (secondary N) is 2. The number of hydrogen-bond donors (Lipinski definition) is 2. The largest absolute Gasteiger partial charge is 0.336 e. The van der Waals surface area contributed by atoms with Crippen LogP contribution in [0.5, 0.6) is 0 Å². The van der Waals surface area contributed by atoms with Crippen LogP contribution in [-0.4, -0.2) is 12.1 Å². The minimum atomic E-state index is -0.164. The molecule has 0 spiro atoms. The average Bonchev–Trinajstić information content (AvgIpc) is 2.16. The van der Waals surface area contributed by atoms with Gasteiger partial charge in [-0.15, -0.1) is 0 Å². The van der Waals surface area contributed by atoms with Crippen molar-refractivity contribution in [1.29, 1.82) is 0 Å². The highest BCUT2D eigenvalue weighted by molar-refractivity contribution is 6.30. The summed E-state index contributed by atoms with van der Waals surface area (Å²) in [5.41, 5.74) is 0.992. The third-order valence-electron chi connectivity index (χ3n) is 2.12. The lowest BCUT2D eigenvalue weighted by atomic mass is 10.1. The first-order chi connectivity index (χ1) is 7.49. The maximum absolute atomic E-state index is 11.5. The summed E-state index contributed by atoms with van der Waals surface area (Å²) in [5, 5.41) is 6.30. The van der Waals surface area contributed by atoms with Gasteiger partial charge in [-0.1, -0.05) is 23.7 Å². The Morgan fingerprint density at radius 1 is 1.25 bits per heavy atom. The van der Waals surface area contributed by atoms with Gasteiger partial charge in [0.15, 0.2) is 0 Å². The molecule has 1 aromatic carbocycles. The zero-order valence-electron chi connectivity index (χ0n) is 9.75. The first kappa shape index (κ1) is 12.8. The van der Waals surface area contributed by atoms with Crippen molar-refractivity contribution in [3.63, 3.8) is 0 Å². The number of rotatable bonds is 3. The lowest BCUT2D eigenvalue weighted by Gasteiger charge is -2.16. The molecule has 0 saturated heterocycles. The van der Waals surface area contributed by atoms with Crippen LogP contribution >= 0.6 is 11.6 Å². The molecule has 0 aliphatic rings. The highest BCUT2D eigenvalue weighted by Gasteiger charge is 2.09. The normalized spacial score (nSPS) is 12.3. The maximum atomic E-state index is 11.5. The highest BCUT2D eigenvalue weighted by Crippen LogP contribution is 2.16. The van der Waals surface area contributed by atoms with Crippen molar-refractivity contribution in [3.8, 4) is 0 Å². The summed E-state index contributed by atoms with van der Waals surface area (Å²) in [6.45, 7) is 5.76. The molecule has 1 rings (SSSR count). The molecule has 1 aromatic rings. The van der Waals surface area contributed by atoms with Crippen LogP contribution in [0.15, 0.2) is 24.3 Å². The van der Waals surface area contributed by atoms with Crippen LogP contribution in [0.2, 0.25) is 5.02 Å². The van der Waals surface area contributed by atoms with Gasteiger partial charge in [0.2, 0.25) is 0 Å². The molecule has 0 fully saturated rings. The fourth-order valence-electron chi connectivity index (χ4n) is 1.36. The average molecular weight is 241 g/mol. The molecule has 4 heteroatoms. The van der Waals surface area contributed by atoms with Crippen LogP contribution in [0.4, 0.5) is 4.79 Å².